The Morgan fingerprint density at radius 3 is 2.92 bits per heavy atom. The first-order valence-electron chi connectivity index (χ1n) is 8.44. The van der Waals surface area contributed by atoms with E-state index in [1.807, 2.05) is 6.20 Å². The molecule has 1 aliphatic heterocycles. The second kappa shape index (κ2) is 7.87. The number of thioether (sulfide) groups is 1. The zero-order valence-corrected chi connectivity index (χ0v) is 15.7. The third kappa shape index (κ3) is 4.12. The minimum Gasteiger partial charge on any atom is -0.468 e. The summed E-state index contributed by atoms with van der Waals surface area (Å²) in [7, 11) is 1.39. The SMILES string of the molecule is COC(=O)CSc1cncc(N2CCCC2c2ccc(C)c(C)c2)n1. The molecule has 2 aromatic rings. The lowest BCUT2D eigenvalue weighted by Crippen LogP contribution is -2.24. The number of hydrogen-bond acceptors (Lipinski definition) is 6. The van der Waals surface area contributed by atoms with Crippen LogP contribution >= 0.6 is 11.8 Å². The number of anilines is 1. The summed E-state index contributed by atoms with van der Waals surface area (Å²) < 4.78 is 4.68. The summed E-state index contributed by atoms with van der Waals surface area (Å²) >= 11 is 1.35. The Morgan fingerprint density at radius 2 is 2.16 bits per heavy atom. The van der Waals surface area contributed by atoms with Gasteiger partial charge in [-0.25, -0.2) is 4.98 Å². The fraction of sp³-hybridized carbons (Fsp3) is 0.421. The second-order valence-electron chi connectivity index (χ2n) is 6.28. The predicted molar refractivity (Wildman–Crippen MR) is 100 cm³/mol. The average Bonchev–Trinajstić information content (AvgIpc) is 3.12. The van der Waals surface area contributed by atoms with Crippen LogP contribution in [0, 0.1) is 13.8 Å². The van der Waals surface area contributed by atoms with E-state index in [2.05, 4.69) is 46.7 Å². The van der Waals surface area contributed by atoms with E-state index in [0.29, 0.717) is 6.04 Å². The lowest BCUT2D eigenvalue weighted by Gasteiger charge is -2.26. The zero-order valence-electron chi connectivity index (χ0n) is 14.9. The van der Waals surface area contributed by atoms with Gasteiger partial charge in [0.25, 0.3) is 0 Å². The Morgan fingerprint density at radius 1 is 1.32 bits per heavy atom. The van der Waals surface area contributed by atoms with Gasteiger partial charge in [0, 0.05) is 6.54 Å². The Labute approximate surface area is 152 Å². The van der Waals surface area contributed by atoms with Gasteiger partial charge in [-0.3, -0.25) is 9.78 Å². The monoisotopic (exact) mass is 357 g/mol. The summed E-state index contributed by atoms with van der Waals surface area (Å²) in [6.07, 6.45) is 5.75. The number of aryl methyl sites for hydroxylation is 2. The van der Waals surface area contributed by atoms with Crippen molar-refractivity contribution in [1.29, 1.82) is 0 Å². The molecular formula is C19H23N3O2S. The molecule has 0 bridgehead atoms. The van der Waals surface area contributed by atoms with Crippen LogP contribution in [0.15, 0.2) is 35.6 Å². The molecule has 6 heteroatoms. The molecular weight excluding hydrogens is 334 g/mol. The number of aromatic nitrogens is 2. The molecule has 0 N–H and O–H groups in total. The minimum absolute atomic E-state index is 0.245. The van der Waals surface area contributed by atoms with E-state index < -0.39 is 0 Å². The van der Waals surface area contributed by atoms with Crippen molar-refractivity contribution >= 4 is 23.5 Å². The molecule has 0 amide bonds. The van der Waals surface area contributed by atoms with Crippen LogP contribution in [0.5, 0.6) is 0 Å². The summed E-state index contributed by atoms with van der Waals surface area (Å²) in [6, 6.07) is 7.01. The highest BCUT2D eigenvalue weighted by molar-refractivity contribution is 7.99. The summed E-state index contributed by atoms with van der Waals surface area (Å²) in [4.78, 5) is 22.7. The third-order valence-electron chi connectivity index (χ3n) is 4.63. The summed E-state index contributed by atoms with van der Waals surface area (Å²) in [5, 5.41) is 0.744. The van der Waals surface area contributed by atoms with Crippen molar-refractivity contribution in [2.75, 3.05) is 24.3 Å². The average molecular weight is 357 g/mol. The zero-order chi connectivity index (χ0) is 17.8. The van der Waals surface area contributed by atoms with Crippen molar-refractivity contribution in [3.8, 4) is 0 Å². The molecule has 5 nitrogen and oxygen atoms in total. The molecule has 0 spiro atoms. The number of carbonyl (C=O) groups excluding carboxylic acids is 1. The number of nitrogens with zero attached hydrogens (tertiary/aromatic N) is 3. The van der Waals surface area contributed by atoms with E-state index in [1.54, 1.807) is 6.20 Å². The van der Waals surface area contributed by atoms with Gasteiger partial charge < -0.3 is 9.64 Å². The van der Waals surface area contributed by atoms with Gasteiger partial charge in [-0.2, -0.15) is 0 Å². The van der Waals surface area contributed by atoms with Gasteiger partial charge in [-0.1, -0.05) is 30.0 Å². The standard InChI is InChI=1S/C19H23N3O2S/c1-13-6-7-15(9-14(13)2)16-5-4-8-22(16)17-10-20-11-18(21-17)25-12-19(23)24-3/h6-7,9-11,16H,4-5,8,12H2,1-3H3. The molecule has 1 aromatic carbocycles. The van der Waals surface area contributed by atoms with Gasteiger partial charge in [-0.05, 0) is 43.4 Å². The maximum Gasteiger partial charge on any atom is 0.316 e. The molecule has 132 valence electrons. The predicted octanol–water partition coefficient (Wildman–Crippen LogP) is 3.70. The Bertz CT molecular complexity index is 766. The lowest BCUT2D eigenvalue weighted by atomic mass is 9.99. The normalized spacial score (nSPS) is 16.9. The number of rotatable bonds is 5. The lowest BCUT2D eigenvalue weighted by molar-refractivity contribution is -0.137. The van der Waals surface area contributed by atoms with Crippen LogP contribution in [0.1, 0.15) is 35.6 Å². The Kier molecular flexibility index (Phi) is 5.58. The van der Waals surface area contributed by atoms with Gasteiger partial charge in [0.1, 0.15) is 10.8 Å². The highest BCUT2D eigenvalue weighted by atomic mass is 32.2. The molecule has 1 fully saturated rings. The van der Waals surface area contributed by atoms with Crippen LogP contribution in [0.4, 0.5) is 5.82 Å². The van der Waals surface area contributed by atoms with Crippen LogP contribution in [-0.4, -0.2) is 35.3 Å². The number of methoxy groups -OCH3 is 1. The number of benzene rings is 1. The Balaban J connectivity index is 1.80. The molecule has 1 aliphatic rings. The number of esters is 1. The van der Waals surface area contributed by atoms with Crippen molar-refractivity contribution < 1.29 is 9.53 Å². The number of hydrogen-bond donors (Lipinski definition) is 0. The molecule has 1 atom stereocenters. The van der Waals surface area contributed by atoms with Crippen LogP contribution in [0.25, 0.3) is 0 Å². The van der Waals surface area contributed by atoms with E-state index in [4.69, 9.17) is 4.98 Å². The van der Waals surface area contributed by atoms with E-state index in [1.165, 1.54) is 35.6 Å². The topological polar surface area (TPSA) is 55.3 Å². The Hall–Kier alpha value is -2.08. The maximum atomic E-state index is 11.3. The van der Waals surface area contributed by atoms with Crippen LogP contribution in [-0.2, 0) is 9.53 Å². The fourth-order valence-electron chi connectivity index (χ4n) is 3.10. The highest BCUT2D eigenvalue weighted by Crippen LogP contribution is 2.36. The third-order valence-corrected chi connectivity index (χ3v) is 5.50. The molecule has 25 heavy (non-hydrogen) atoms. The van der Waals surface area contributed by atoms with Crippen molar-refractivity contribution in [2.45, 2.75) is 37.8 Å². The molecule has 1 saturated heterocycles. The van der Waals surface area contributed by atoms with Crippen LogP contribution in [0.3, 0.4) is 0 Å². The first-order valence-corrected chi connectivity index (χ1v) is 9.42. The molecule has 1 aromatic heterocycles. The van der Waals surface area contributed by atoms with Gasteiger partial charge in [0.2, 0.25) is 0 Å². The van der Waals surface area contributed by atoms with Crippen molar-refractivity contribution in [3.63, 3.8) is 0 Å². The van der Waals surface area contributed by atoms with Gasteiger partial charge in [-0.15, -0.1) is 0 Å². The van der Waals surface area contributed by atoms with Crippen molar-refractivity contribution in [2.24, 2.45) is 0 Å². The smallest absolute Gasteiger partial charge is 0.316 e. The van der Waals surface area contributed by atoms with Gasteiger partial charge in [0.05, 0.1) is 31.3 Å². The highest BCUT2D eigenvalue weighted by Gasteiger charge is 2.27. The van der Waals surface area contributed by atoms with Crippen molar-refractivity contribution in [1.82, 2.24) is 9.97 Å². The molecule has 3 rings (SSSR count). The molecule has 0 radical (unpaired) electrons. The first kappa shape index (κ1) is 17.7. The van der Waals surface area contributed by atoms with E-state index >= 15 is 0 Å². The summed E-state index contributed by atoms with van der Waals surface area (Å²) in [6.45, 7) is 5.26. The fourth-order valence-corrected chi connectivity index (χ4v) is 3.77. The summed E-state index contributed by atoms with van der Waals surface area (Å²) in [5.41, 5.74) is 3.96. The van der Waals surface area contributed by atoms with E-state index in [0.717, 1.165) is 30.2 Å². The van der Waals surface area contributed by atoms with Gasteiger partial charge >= 0.3 is 5.97 Å². The second-order valence-corrected chi connectivity index (χ2v) is 7.27. The maximum absolute atomic E-state index is 11.3. The molecule has 0 aliphatic carbocycles. The molecule has 0 saturated carbocycles. The number of carbonyl (C=O) groups is 1. The molecule has 2 heterocycles. The molecule has 1 unspecified atom stereocenters. The summed E-state index contributed by atoms with van der Waals surface area (Å²) in [5.74, 6) is 0.858. The number of ether oxygens (including phenoxy) is 1. The first-order chi connectivity index (χ1) is 12.1. The quantitative estimate of drug-likeness (QED) is 0.601. The largest absolute Gasteiger partial charge is 0.468 e. The van der Waals surface area contributed by atoms with Crippen LogP contribution in [0.2, 0.25) is 0 Å². The minimum atomic E-state index is -0.258. The van der Waals surface area contributed by atoms with E-state index in [-0.39, 0.29) is 11.7 Å². The van der Waals surface area contributed by atoms with Crippen molar-refractivity contribution in [3.05, 3.63) is 47.3 Å². The van der Waals surface area contributed by atoms with E-state index in [9.17, 15) is 4.79 Å². The van der Waals surface area contributed by atoms with Gasteiger partial charge in [0.15, 0.2) is 0 Å². The van der Waals surface area contributed by atoms with Crippen LogP contribution < -0.4 is 4.90 Å².